The van der Waals surface area contributed by atoms with E-state index in [0.29, 0.717) is 6.04 Å². The van der Waals surface area contributed by atoms with E-state index in [1.165, 1.54) is 11.1 Å². The van der Waals surface area contributed by atoms with Gasteiger partial charge in [0.2, 0.25) is 0 Å². The molecule has 1 unspecified atom stereocenters. The van der Waals surface area contributed by atoms with Crippen molar-refractivity contribution in [1.82, 2.24) is 10.6 Å². The fourth-order valence-corrected chi connectivity index (χ4v) is 2.70. The average molecular weight is 232 g/mol. The van der Waals surface area contributed by atoms with Crippen molar-refractivity contribution < 1.29 is 4.74 Å². The van der Waals surface area contributed by atoms with Crippen LogP contribution in [0, 0.1) is 0 Å². The molecule has 0 saturated carbocycles. The Morgan fingerprint density at radius 3 is 3.06 bits per heavy atom. The van der Waals surface area contributed by atoms with E-state index in [9.17, 15) is 0 Å². The van der Waals surface area contributed by atoms with Crippen molar-refractivity contribution in [2.45, 2.75) is 31.8 Å². The summed E-state index contributed by atoms with van der Waals surface area (Å²) in [4.78, 5) is 0. The maximum Gasteiger partial charge on any atom is 0.122 e. The Kier molecular flexibility index (Phi) is 2.60. The van der Waals surface area contributed by atoms with E-state index < -0.39 is 0 Å². The number of benzene rings is 1. The fourth-order valence-electron chi connectivity index (χ4n) is 2.70. The molecule has 1 atom stereocenters. The minimum atomic E-state index is 0.156. The first-order chi connectivity index (χ1) is 8.14. The molecule has 2 aliphatic heterocycles. The molecule has 1 aromatic rings. The monoisotopic (exact) mass is 232 g/mol. The summed E-state index contributed by atoms with van der Waals surface area (Å²) < 4.78 is 5.63. The molecule has 17 heavy (non-hydrogen) atoms. The number of piperazine rings is 1. The molecule has 1 saturated heterocycles. The van der Waals surface area contributed by atoms with Gasteiger partial charge in [-0.3, -0.25) is 0 Å². The largest absolute Gasteiger partial charge is 0.493 e. The molecule has 3 rings (SSSR count). The van der Waals surface area contributed by atoms with Crippen molar-refractivity contribution in [3.63, 3.8) is 0 Å². The van der Waals surface area contributed by atoms with Gasteiger partial charge in [0.25, 0.3) is 0 Å². The highest BCUT2D eigenvalue weighted by Crippen LogP contribution is 2.29. The van der Waals surface area contributed by atoms with Crippen LogP contribution in [-0.2, 0) is 6.42 Å². The van der Waals surface area contributed by atoms with Gasteiger partial charge in [0, 0.05) is 31.1 Å². The molecule has 92 valence electrons. The van der Waals surface area contributed by atoms with Gasteiger partial charge in [-0.15, -0.1) is 0 Å². The molecule has 2 heterocycles. The van der Waals surface area contributed by atoms with E-state index in [1.54, 1.807) is 0 Å². The molecular formula is C14H20N2O. The van der Waals surface area contributed by atoms with Gasteiger partial charge in [-0.2, -0.15) is 0 Å². The van der Waals surface area contributed by atoms with E-state index in [0.717, 1.165) is 31.9 Å². The molecule has 0 aliphatic carbocycles. The first-order valence-electron chi connectivity index (χ1n) is 6.38. The lowest BCUT2D eigenvalue weighted by molar-refractivity contribution is 0.264. The van der Waals surface area contributed by atoms with E-state index in [4.69, 9.17) is 4.74 Å². The predicted molar refractivity (Wildman–Crippen MR) is 68.5 cm³/mol. The second-order valence-corrected chi connectivity index (χ2v) is 5.68. The van der Waals surface area contributed by atoms with Crippen molar-refractivity contribution in [3.8, 4) is 5.75 Å². The number of nitrogens with one attached hydrogen (secondary N) is 2. The first-order valence-corrected chi connectivity index (χ1v) is 6.38. The number of ether oxygens (including phenoxy) is 1. The van der Waals surface area contributed by atoms with E-state index >= 15 is 0 Å². The first kappa shape index (κ1) is 11.1. The third-order valence-corrected chi connectivity index (χ3v) is 3.60. The van der Waals surface area contributed by atoms with Gasteiger partial charge >= 0.3 is 0 Å². The summed E-state index contributed by atoms with van der Waals surface area (Å²) in [6.07, 6.45) is 1.05. The van der Waals surface area contributed by atoms with Crippen LogP contribution in [0.25, 0.3) is 0 Å². The lowest BCUT2D eigenvalue weighted by Crippen LogP contribution is -2.56. The summed E-state index contributed by atoms with van der Waals surface area (Å²) in [5.41, 5.74) is 2.82. The second kappa shape index (κ2) is 4.00. The number of hydrogen-bond acceptors (Lipinski definition) is 3. The van der Waals surface area contributed by atoms with Crippen molar-refractivity contribution in [1.29, 1.82) is 0 Å². The lowest BCUT2D eigenvalue weighted by Gasteiger charge is -2.38. The van der Waals surface area contributed by atoms with Gasteiger partial charge in [0.1, 0.15) is 5.75 Å². The molecular weight excluding hydrogens is 212 g/mol. The van der Waals surface area contributed by atoms with Crippen molar-refractivity contribution in [3.05, 3.63) is 29.3 Å². The zero-order valence-electron chi connectivity index (χ0n) is 10.5. The Bertz CT molecular complexity index is 428. The Balaban J connectivity index is 1.84. The van der Waals surface area contributed by atoms with E-state index in [1.807, 2.05) is 0 Å². The predicted octanol–water partition coefficient (Wildman–Crippen LogP) is 1.63. The quantitative estimate of drug-likeness (QED) is 0.772. The van der Waals surface area contributed by atoms with Crippen molar-refractivity contribution in [2.24, 2.45) is 0 Å². The highest BCUT2D eigenvalue weighted by molar-refractivity contribution is 5.41. The highest BCUT2D eigenvalue weighted by Gasteiger charge is 2.28. The normalized spacial score (nSPS) is 26.4. The topological polar surface area (TPSA) is 33.3 Å². The SMILES string of the molecule is CC1(C)CNCC(c2ccc3c(c2)OCC3)N1. The standard InChI is InChI=1S/C14H20N2O/c1-14(2)9-15-8-12(16-14)11-4-3-10-5-6-17-13(10)7-11/h3-4,7,12,15-16H,5-6,8-9H2,1-2H3. The fraction of sp³-hybridized carbons (Fsp3) is 0.571. The number of hydrogen-bond donors (Lipinski definition) is 2. The van der Waals surface area contributed by atoms with Crippen molar-refractivity contribution in [2.75, 3.05) is 19.7 Å². The van der Waals surface area contributed by atoms with Crippen LogP contribution in [0.5, 0.6) is 5.75 Å². The molecule has 0 radical (unpaired) electrons. The summed E-state index contributed by atoms with van der Waals surface area (Å²) in [6, 6.07) is 7.02. The molecule has 0 bridgehead atoms. The summed E-state index contributed by atoms with van der Waals surface area (Å²) in [7, 11) is 0. The Morgan fingerprint density at radius 1 is 1.35 bits per heavy atom. The molecule has 3 heteroatoms. The number of rotatable bonds is 1. The summed E-state index contributed by atoms with van der Waals surface area (Å²) in [5, 5.41) is 7.17. The van der Waals surface area contributed by atoms with Crippen LogP contribution in [0.15, 0.2) is 18.2 Å². The molecule has 0 aromatic heterocycles. The Morgan fingerprint density at radius 2 is 2.24 bits per heavy atom. The van der Waals surface area contributed by atoms with Crippen LogP contribution >= 0.6 is 0 Å². The summed E-state index contributed by atoms with van der Waals surface area (Å²) in [6.45, 7) is 7.31. The van der Waals surface area contributed by atoms with E-state index in [-0.39, 0.29) is 5.54 Å². The maximum absolute atomic E-state index is 5.63. The van der Waals surface area contributed by atoms with Crippen LogP contribution in [0.4, 0.5) is 0 Å². The molecule has 2 aliphatic rings. The third kappa shape index (κ3) is 2.17. The maximum atomic E-state index is 5.63. The average Bonchev–Trinajstić information content (AvgIpc) is 2.74. The summed E-state index contributed by atoms with van der Waals surface area (Å²) >= 11 is 0. The second-order valence-electron chi connectivity index (χ2n) is 5.68. The van der Waals surface area contributed by atoms with Crippen molar-refractivity contribution >= 4 is 0 Å². The van der Waals surface area contributed by atoms with Gasteiger partial charge < -0.3 is 15.4 Å². The van der Waals surface area contributed by atoms with Gasteiger partial charge in [-0.1, -0.05) is 12.1 Å². The minimum Gasteiger partial charge on any atom is -0.493 e. The zero-order valence-corrected chi connectivity index (χ0v) is 10.5. The Labute approximate surface area is 103 Å². The highest BCUT2D eigenvalue weighted by atomic mass is 16.5. The minimum absolute atomic E-state index is 0.156. The number of fused-ring (bicyclic) bond motifs is 1. The van der Waals surface area contributed by atoms with Crippen LogP contribution < -0.4 is 15.4 Å². The van der Waals surface area contributed by atoms with Gasteiger partial charge in [0.15, 0.2) is 0 Å². The van der Waals surface area contributed by atoms with Gasteiger partial charge in [0.05, 0.1) is 6.61 Å². The van der Waals surface area contributed by atoms with Crippen LogP contribution in [0.1, 0.15) is 31.0 Å². The van der Waals surface area contributed by atoms with Crippen LogP contribution in [-0.4, -0.2) is 25.2 Å². The molecule has 0 amide bonds. The lowest BCUT2D eigenvalue weighted by atomic mass is 9.95. The van der Waals surface area contributed by atoms with Gasteiger partial charge in [-0.05, 0) is 31.0 Å². The molecule has 2 N–H and O–H groups in total. The molecule has 1 aromatic carbocycles. The summed E-state index contributed by atoms with van der Waals surface area (Å²) in [5.74, 6) is 1.08. The zero-order chi connectivity index (χ0) is 11.9. The smallest absolute Gasteiger partial charge is 0.122 e. The molecule has 0 spiro atoms. The van der Waals surface area contributed by atoms with Gasteiger partial charge in [-0.25, -0.2) is 0 Å². The molecule has 1 fully saturated rings. The van der Waals surface area contributed by atoms with Crippen LogP contribution in [0.3, 0.4) is 0 Å². The van der Waals surface area contributed by atoms with E-state index in [2.05, 4.69) is 42.7 Å². The third-order valence-electron chi connectivity index (χ3n) is 3.60. The molecule has 3 nitrogen and oxygen atoms in total. The Hall–Kier alpha value is -1.06. The van der Waals surface area contributed by atoms with Crippen LogP contribution in [0.2, 0.25) is 0 Å².